The first-order valence-corrected chi connectivity index (χ1v) is 11.9. The summed E-state index contributed by atoms with van der Waals surface area (Å²) in [7, 11) is 1.17. The van der Waals surface area contributed by atoms with Crippen molar-refractivity contribution in [3.05, 3.63) is 0 Å². The lowest BCUT2D eigenvalue weighted by atomic mass is 9.96. The summed E-state index contributed by atoms with van der Waals surface area (Å²) in [6.45, 7) is 0.0471. The van der Waals surface area contributed by atoms with E-state index in [1.54, 1.807) is 0 Å². The van der Waals surface area contributed by atoms with Gasteiger partial charge < -0.3 is 49.4 Å². The molecule has 9 atom stereocenters. The molecule has 37 heavy (non-hydrogen) atoms. The van der Waals surface area contributed by atoms with Gasteiger partial charge in [-0.15, -0.1) is 0 Å². The highest BCUT2D eigenvalue weighted by Crippen LogP contribution is 2.28. The number of nitrogens with one attached hydrogen (secondary N) is 3. The van der Waals surface area contributed by atoms with Crippen molar-refractivity contribution in [2.24, 2.45) is 0 Å². The van der Waals surface area contributed by atoms with E-state index in [1.807, 2.05) is 0 Å². The zero-order chi connectivity index (χ0) is 27.7. The van der Waals surface area contributed by atoms with Crippen molar-refractivity contribution in [2.75, 3.05) is 32.7 Å². The molecule has 3 amide bonds. The summed E-state index contributed by atoms with van der Waals surface area (Å²) >= 11 is 3.92. The monoisotopic (exact) mass is 555 g/mol. The molecule has 2 rings (SSSR count). The van der Waals surface area contributed by atoms with E-state index in [1.165, 1.54) is 14.0 Å². The van der Waals surface area contributed by atoms with Crippen molar-refractivity contribution in [3.8, 4) is 0 Å². The SMILES string of the molecule is CO[C@@H]1C(C(=O)NNC(=O)CCS)O[C@@H](O[C@@H]2C(NC(C)=O)COC(COCC(=O)O)[C@H]2O)C(O)[C@H]1O. The normalized spacial score (nSPS) is 33.8. The van der Waals surface area contributed by atoms with Gasteiger partial charge in [-0.3, -0.25) is 25.2 Å². The lowest BCUT2D eigenvalue weighted by molar-refractivity contribution is -0.322. The van der Waals surface area contributed by atoms with Gasteiger partial charge in [-0.05, 0) is 5.75 Å². The van der Waals surface area contributed by atoms with Crippen molar-refractivity contribution in [2.45, 2.75) is 68.4 Å². The van der Waals surface area contributed by atoms with Crippen LogP contribution in [0.25, 0.3) is 0 Å². The molecule has 0 saturated carbocycles. The van der Waals surface area contributed by atoms with E-state index in [9.17, 15) is 34.5 Å². The van der Waals surface area contributed by atoms with Crippen LogP contribution in [-0.2, 0) is 42.9 Å². The minimum absolute atomic E-state index is 0.0131. The number of amides is 3. The van der Waals surface area contributed by atoms with Crippen LogP contribution in [0.1, 0.15) is 13.3 Å². The standard InChI is InChI=1S/C20H33N3O13S/c1-8(24)21-9-5-34-10(6-33-7-12(26)27)13(28)16(9)35-20-15(30)14(29)17(32-2)18(36-20)19(31)23-22-11(25)3-4-37/h9-10,13-18,20,28-30,37H,3-7H2,1-2H3,(H,21,24)(H,22,25)(H,23,31)(H,26,27)/t9?,10?,13-,14-,15?,16-,17+,18?,20-/m1/s1. The van der Waals surface area contributed by atoms with Gasteiger partial charge in [0.1, 0.15) is 43.2 Å². The predicted molar refractivity (Wildman–Crippen MR) is 123 cm³/mol. The third-order valence-corrected chi connectivity index (χ3v) is 5.75. The van der Waals surface area contributed by atoms with Gasteiger partial charge in [0.15, 0.2) is 12.4 Å². The molecule has 212 valence electrons. The highest BCUT2D eigenvalue weighted by atomic mass is 32.1. The molecule has 17 heteroatoms. The fraction of sp³-hybridized carbons (Fsp3) is 0.800. The number of ether oxygens (including phenoxy) is 5. The van der Waals surface area contributed by atoms with Gasteiger partial charge >= 0.3 is 5.97 Å². The number of hydrogen-bond donors (Lipinski definition) is 8. The molecular formula is C20H33N3O13S. The molecule has 0 spiro atoms. The van der Waals surface area contributed by atoms with E-state index in [4.69, 9.17) is 28.8 Å². The van der Waals surface area contributed by atoms with Crippen LogP contribution in [0.2, 0.25) is 0 Å². The Morgan fingerprint density at radius 3 is 2.35 bits per heavy atom. The van der Waals surface area contributed by atoms with E-state index >= 15 is 0 Å². The Morgan fingerprint density at radius 1 is 1.05 bits per heavy atom. The third-order valence-electron chi connectivity index (χ3n) is 5.53. The summed E-state index contributed by atoms with van der Waals surface area (Å²) in [5.74, 6) is -2.96. The van der Waals surface area contributed by atoms with Crippen molar-refractivity contribution in [1.29, 1.82) is 0 Å². The van der Waals surface area contributed by atoms with Crippen molar-refractivity contribution >= 4 is 36.3 Å². The van der Waals surface area contributed by atoms with Crippen LogP contribution in [0, 0.1) is 0 Å². The van der Waals surface area contributed by atoms with Crippen LogP contribution in [-0.4, -0.2) is 132 Å². The van der Waals surface area contributed by atoms with Gasteiger partial charge in [-0.1, -0.05) is 0 Å². The molecule has 0 bridgehead atoms. The van der Waals surface area contributed by atoms with Crippen molar-refractivity contribution in [1.82, 2.24) is 16.2 Å². The largest absolute Gasteiger partial charge is 0.480 e. The number of carbonyl (C=O) groups excluding carboxylic acids is 3. The number of aliphatic hydroxyl groups excluding tert-OH is 3. The van der Waals surface area contributed by atoms with Gasteiger partial charge in [0, 0.05) is 20.5 Å². The van der Waals surface area contributed by atoms with Crippen LogP contribution in [0.4, 0.5) is 0 Å². The maximum atomic E-state index is 12.7. The summed E-state index contributed by atoms with van der Waals surface area (Å²) in [6, 6.07) is -0.955. The average Bonchev–Trinajstić information content (AvgIpc) is 2.83. The second kappa shape index (κ2) is 14.7. The molecule has 7 N–H and O–H groups in total. The Balaban J connectivity index is 2.18. The summed E-state index contributed by atoms with van der Waals surface area (Å²) in [5.41, 5.74) is 4.28. The quantitative estimate of drug-likeness (QED) is 0.0891. The molecule has 0 aromatic rings. The first-order chi connectivity index (χ1) is 17.5. The van der Waals surface area contributed by atoms with Crippen LogP contribution >= 0.6 is 12.6 Å². The molecule has 2 heterocycles. The van der Waals surface area contributed by atoms with E-state index in [0.717, 1.165) is 0 Å². The second-order valence-electron chi connectivity index (χ2n) is 8.30. The Labute approximate surface area is 217 Å². The minimum atomic E-state index is -1.76. The number of rotatable bonds is 11. The number of carboxylic acid groups (broad SMARTS) is 1. The van der Waals surface area contributed by atoms with Gasteiger partial charge in [-0.2, -0.15) is 12.6 Å². The molecule has 0 aromatic carbocycles. The van der Waals surface area contributed by atoms with Crippen LogP contribution in [0.3, 0.4) is 0 Å². The number of carbonyl (C=O) groups is 4. The fourth-order valence-corrected chi connectivity index (χ4v) is 3.99. The molecule has 0 aliphatic carbocycles. The van der Waals surface area contributed by atoms with Crippen molar-refractivity contribution in [3.63, 3.8) is 0 Å². The fourth-order valence-electron chi connectivity index (χ4n) is 3.78. The van der Waals surface area contributed by atoms with Gasteiger partial charge in [-0.25, -0.2) is 4.79 Å². The maximum Gasteiger partial charge on any atom is 0.329 e. The molecule has 2 saturated heterocycles. The Morgan fingerprint density at radius 2 is 1.76 bits per heavy atom. The number of aliphatic hydroxyl groups is 3. The number of hydrogen-bond acceptors (Lipinski definition) is 13. The minimum Gasteiger partial charge on any atom is -0.480 e. The van der Waals surface area contributed by atoms with E-state index in [-0.39, 0.29) is 25.4 Å². The van der Waals surface area contributed by atoms with Gasteiger partial charge in [0.25, 0.3) is 5.91 Å². The molecule has 2 aliphatic rings. The van der Waals surface area contributed by atoms with Gasteiger partial charge in [0.05, 0.1) is 19.3 Å². The predicted octanol–water partition coefficient (Wildman–Crippen LogP) is -4.33. The van der Waals surface area contributed by atoms with E-state index in [0.29, 0.717) is 0 Å². The summed E-state index contributed by atoms with van der Waals surface area (Å²) in [4.78, 5) is 46.7. The Bertz CT molecular complexity index is 805. The highest BCUT2D eigenvalue weighted by molar-refractivity contribution is 7.80. The van der Waals surface area contributed by atoms with E-state index < -0.39 is 85.4 Å². The molecule has 2 fully saturated rings. The molecule has 2 aliphatic heterocycles. The third kappa shape index (κ3) is 8.72. The second-order valence-corrected chi connectivity index (χ2v) is 8.74. The van der Waals surface area contributed by atoms with E-state index in [2.05, 4.69) is 28.8 Å². The lowest BCUT2D eigenvalue weighted by Crippen LogP contribution is -2.67. The Hall–Kier alpha value is -2.09. The highest BCUT2D eigenvalue weighted by Gasteiger charge is 2.51. The molecule has 0 aromatic heterocycles. The molecular weight excluding hydrogens is 522 g/mol. The summed E-state index contributed by atoms with van der Waals surface area (Å²) < 4.78 is 26.9. The average molecular weight is 556 g/mol. The maximum absolute atomic E-state index is 12.7. The van der Waals surface area contributed by atoms with Crippen molar-refractivity contribution < 1.29 is 63.3 Å². The number of thiol groups is 1. The number of aliphatic carboxylic acids is 1. The van der Waals surface area contributed by atoms with Crippen LogP contribution in [0.15, 0.2) is 0 Å². The number of methoxy groups -OCH3 is 1. The first kappa shape index (κ1) is 31.1. The molecule has 0 radical (unpaired) electrons. The zero-order valence-electron chi connectivity index (χ0n) is 20.1. The first-order valence-electron chi connectivity index (χ1n) is 11.3. The summed E-state index contributed by atoms with van der Waals surface area (Å²) in [5, 5.41) is 43.3. The number of hydrazine groups is 1. The Kier molecular flexibility index (Phi) is 12.4. The smallest absolute Gasteiger partial charge is 0.329 e. The topological polar surface area (TPSA) is 231 Å². The number of carboxylic acids is 1. The summed E-state index contributed by atoms with van der Waals surface area (Å²) in [6.07, 6.45) is -12.0. The zero-order valence-corrected chi connectivity index (χ0v) is 21.0. The molecule has 16 nitrogen and oxygen atoms in total. The molecule has 4 unspecified atom stereocenters. The van der Waals surface area contributed by atoms with Gasteiger partial charge in [0.2, 0.25) is 11.8 Å². The van der Waals surface area contributed by atoms with Crippen LogP contribution in [0.5, 0.6) is 0 Å². The van der Waals surface area contributed by atoms with Crippen LogP contribution < -0.4 is 16.2 Å². The lowest BCUT2D eigenvalue weighted by Gasteiger charge is -2.45.